The van der Waals surface area contributed by atoms with Crippen molar-refractivity contribution in [3.8, 4) is 0 Å². The van der Waals surface area contributed by atoms with Gasteiger partial charge < -0.3 is 14.7 Å². The molecule has 18 heavy (non-hydrogen) atoms. The summed E-state index contributed by atoms with van der Waals surface area (Å²) >= 11 is 0. The van der Waals surface area contributed by atoms with Crippen LogP contribution in [0.1, 0.15) is 26.7 Å². The first kappa shape index (κ1) is 14.8. The van der Waals surface area contributed by atoms with Crippen LogP contribution in [0.2, 0.25) is 0 Å². The smallest absolute Gasteiger partial charge is 0.320 e. The highest BCUT2D eigenvalue weighted by molar-refractivity contribution is 5.83. The van der Waals surface area contributed by atoms with Crippen LogP contribution in [-0.4, -0.2) is 66.9 Å². The number of rotatable bonds is 3. The van der Waals surface area contributed by atoms with Crippen molar-refractivity contribution in [2.45, 2.75) is 26.7 Å². The highest BCUT2D eigenvalue weighted by Crippen LogP contribution is 2.17. The van der Waals surface area contributed by atoms with Crippen molar-refractivity contribution in [2.75, 3.05) is 40.3 Å². The molecule has 1 fully saturated rings. The van der Waals surface area contributed by atoms with Gasteiger partial charge in [-0.05, 0) is 25.7 Å². The summed E-state index contributed by atoms with van der Waals surface area (Å²) in [4.78, 5) is 29.0. The van der Waals surface area contributed by atoms with Gasteiger partial charge in [0.1, 0.15) is 6.54 Å². The lowest BCUT2D eigenvalue weighted by atomic mass is 10.00. The first-order chi connectivity index (χ1) is 8.45. The van der Waals surface area contributed by atoms with Gasteiger partial charge in [-0.1, -0.05) is 6.92 Å². The first-order valence-corrected chi connectivity index (χ1v) is 6.69. The van der Waals surface area contributed by atoms with Crippen molar-refractivity contribution in [1.29, 1.82) is 0 Å². The lowest BCUT2D eigenvalue weighted by Gasteiger charge is -2.34. The number of carbonyl (C=O) groups excluding carboxylic acids is 2. The maximum atomic E-state index is 12.3. The van der Waals surface area contributed by atoms with E-state index in [2.05, 4.69) is 6.92 Å². The topological polar surface area (TPSA) is 43.9 Å². The molecule has 0 bridgehead atoms. The summed E-state index contributed by atoms with van der Waals surface area (Å²) in [5.41, 5.74) is 0. The van der Waals surface area contributed by atoms with Gasteiger partial charge in [-0.15, -0.1) is 0 Å². The van der Waals surface area contributed by atoms with Gasteiger partial charge >= 0.3 is 6.03 Å². The van der Waals surface area contributed by atoms with Crippen molar-refractivity contribution in [3.05, 3.63) is 0 Å². The van der Waals surface area contributed by atoms with Crippen molar-refractivity contribution in [2.24, 2.45) is 5.92 Å². The van der Waals surface area contributed by atoms with Crippen LogP contribution in [0.25, 0.3) is 0 Å². The molecule has 1 saturated heterocycles. The van der Waals surface area contributed by atoms with Gasteiger partial charge in [0.05, 0.1) is 0 Å². The molecule has 0 aromatic rings. The number of hydrogen-bond acceptors (Lipinski definition) is 2. The number of likely N-dealkylation sites (N-methyl/N-ethyl adjacent to an activating group) is 2. The fourth-order valence-corrected chi connectivity index (χ4v) is 2.02. The fourth-order valence-electron chi connectivity index (χ4n) is 2.02. The number of likely N-dealkylation sites (tertiary alicyclic amines) is 1. The minimum Gasteiger partial charge on any atom is -0.347 e. The molecular weight excluding hydrogens is 230 g/mol. The largest absolute Gasteiger partial charge is 0.347 e. The van der Waals surface area contributed by atoms with E-state index in [0.717, 1.165) is 25.9 Å². The molecule has 0 aliphatic carbocycles. The molecule has 0 radical (unpaired) electrons. The van der Waals surface area contributed by atoms with Crippen LogP contribution < -0.4 is 0 Å². The molecule has 0 spiro atoms. The number of carbonyl (C=O) groups is 2. The maximum absolute atomic E-state index is 12.3. The number of amides is 3. The van der Waals surface area contributed by atoms with Crippen LogP contribution in [0.3, 0.4) is 0 Å². The van der Waals surface area contributed by atoms with Crippen LogP contribution in [-0.2, 0) is 4.79 Å². The van der Waals surface area contributed by atoms with E-state index in [1.54, 1.807) is 19.0 Å². The molecule has 0 aromatic carbocycles. The number of piperidine rings is 1. The van der Waals surface area contributed by atoms with Gasteiger partial charge in [0.15, 0.2) is 0 Å². The van der Waals surface area contributed by atoms with E-state index in [4.69, 9.17) is 0 Å². The average Bonchev–Trinajstić information content (AvgIpc) is 2.35. The second kappa shape index (κ2) is 6.61. The molecule has 0 unspecified atom stereocenters. The second-order valence-corrected chi connectivity index (χ2v) is 5.25. The summed E-state index contributed by atoms with van der Waals surface area (Å²) in [5.74, 6) is 0.670. The third-order valence-corrected chi connectivity index (χ3v) is 3.53. The average molecular weight is 255 g/mol. The normalized spacial score (nSPS) is 16.6. The van der Waals surface area contributed by atoms with Crippen molar-refractivity contribution < 1.29 is 9.59 Å². The Labute approximate surface area is 110 Å². The van der Waals surface area contributed by atoms with Crippen LogP contribution in [0, 0.1) is 5.92 Å². The van der Waals surface area contributed by atoms with Gasteiger partial charge in [-0.25, -0.2) is 4.79 Å². The number of urea groups is 1. The van der Waals surface area contributed by atoms with Gasteiger partial charge in [-0.2, -0.15) is 0 Å². The van der Waals surface area contributed by atoms with Crippen molar-refractivity contribution in [1.82, 2.24) is 14.7 Å². The Bertz CT molecular complexity index is 297. The quantitative estimate of drug-likeness (QED) is 0.762. The Kier molecular flexibility index (Phi) is 5.44. The summed E-state index contributed by atoms with van der Waals surface area (Å²) in [6.07, 6.45) is 2.12. The van der Waals surface area contributed by atoms with Crippen LogP contribution in [0.4, 0.5) is 4.79 Å². The molecule has 0 N–H and O–H groups in total. The van der Waals surface area contributed by atoms with Gasteiger partial charge in [0.25, 0.3) is 0 Å². The zero-order valence-electron chi connectivity index (χ0n) is 12.0. The molecule has 5 heteroatoms. The molecule has 0 aromatic heterocycles. The summed E-state index contributed by atoms with van der Waals surface area (Å²) < 4.78 is 0. The highest BCUT2D eigenvalue weighted by atomic mass is 16.2. The SMILES string of the molecule is CCN(CC(=O)N(C)C)C(=O)N1CCC(C)CC1. The lowest BCUT2D eigenvalue weighted by molar-refractivity contribution is -0.129. The Morgan fingerprint density at radius 3 is 2.22 bits per heavy atom. The lowest BCUT2D eigenvalue weighted by Crippen LogP contribution is -2.49. The molecule has 0 saturated carbocycles. The summed E-state index contributed by atoms with van der Waals surface area (Å²) in [6, 6.07) is -0.000370. The van der Waals surface area contributed by atoms with E-state index >= 15 is 0 Å². The molecule has 1 rings (SSSR count). The highest BCUT2D eigenvalue weighted by Gasteiger charge is 2.25. The molecule has 1 heterocycles. The Hall–Kier alpha value is -1.26. The molecule has 104 valence electrons. The van der Waals surface area contributed by atoms with E-state index in [1.807, 2.05) is 11.8 Å². The summed E-state index contributed by atoms with van der Waals surface area (Å²) in [6.45, 7) is 6.50. The summed E-state index contributed by atoms with van der Waals surface area (Å²) in [7, 11) is 3.42. The Morgan fingerprint density at radius 1 is 1.22 bits per heavy atom. The second-order valence-electron chi connectivity index (χ2n) is 5.25. The fraction of sp³-hybridized carbons (Fsp3) is 0.846. The number of hydrogen-bond donors (Lipinski definition) is 0. The predicted molar refractivity (Wildman–Crippen MR) is 71.3 cm³/mol. The van der Waals surface area contributed by atoms with Crippen LogP contribution in [0.15, 0.2) is 0 Å². The van der Waals surface area contributed by atoms with E-state index < -0.39 is 0 Å². The zero-order chi connectivity index (χ0) is 13.7. The molecule has 0 atom stereocenters. The molecular formula is C13H25N3O2. The van der Waals surface area contributed by atoms with Gasteiger partial charge in [0, 0.05) is 33.7 Å². The molecule has 3 amide bonds. The van der Waals surface area contributed by atoms with E-state index in [0.29, 0.717) is 12.5 Å². The molecule has 5 nitrogen and oxygen atoms in total. The monoisotopic (exact) mass is 255 g/mol. The summed E-state index contributed by atoms with van der Waals surface area (Å²) in [5, 5.41) is 0. The van der Waals surface area contributed by atoms with E-state index in [-0.39, 0.29) is 18.5 Å². The van der Waals surface area contributed by atoms with Crippen molar-refractivity contribution in [3.63, 3.8) is 0 Å². The Morgan fingerprint density at radius 2 is 1.78 bits per heavy atom. The van der Waals surface area contributed by atoms with Crippen molar-refractivity contribution >= 4 is 11.9 Å². The van der Waals surface area contributed by atoms with Gasteiger partial charge in [-0.3, -0.25) is 4.79 Å². The molecule has 1 aliphatic heterocycles. The third-order valence-electron chi connectivity index (χ3n) is 3.53. The predicted octanol–water partition coefficient (Wildman–Crippen LogP) is 1.25. The minimum absolute atomic E-state index is 0.000370. The standard InChI is InChI=1S/C13H25N3O2/c1-5-15(10-12(17)14(3)4)13(18)16-8-6-11(2)7-9-16/h11H,5-10H2,1-4H3. The van der Waals surface area contributed by atoms with Crippen LogP contribution in [0.5, 0.6) is 0 Å². The van der Waals surface area contributed by atoms with E-state index in [1.165, 1.54) is 4.90 Å². The third kappa shape index (κ3) is 3.89. The molecule has 1 aliphatic rings. The maximum Gasteiger partial charge on any atom is 0.320 e. The van der Waals surface area contributed by atoms with Gasteiger partial charge in [0.2, 0.25) is 5.91 Å². The Balaban J connectivity index is 2.54. The first-order valence-electron chi connectivity index (χ1n) is 6.69. The number of nitrogens with zero attached hydrogens (tertiary/aromatic N) is 3. The minimum atomic E-state index is -0.0319. The van der Waals surface area contributed by atoms with E-state index in [9.17, 15) is 9.59 Å². The van der Waals surface area contributed by atoms with Crippen LogP contribution >= 0.6 is 0 Å². The zero-order valence-corrected chi connectivity index (χ0v) is 12.0.